The molecule has 0 fully saturated rings. The van der Waals surface area contributed by atoms with Crippen LogP contribution in [-0.4, -0.2) is 13.1 Å². The Hall–Kier alpha value is -2.91. The Balaban J connectivity index is 1.81. The van der Waals surface area contributed by atoms with E-state index in [4.69, 9.17) is 28.2 Å². The van der Waals surface area contributed by atoms with E-state index in [1.165, 1.54) is 37.5 Å². The average molecular weight is 468 g/mol. The molecule has 0 atom stereocenters. The van der Waals surface area contributed by atoms with Crippen LogP contribution in [0.5, 0.6) is 0 Å². The largest absolute Gasteiger partial charge is 0.256 e. The molecule has 1 aliphatic heterocycles. The zero-order valence-corrected chi connectivity index (χ0v) is 20.0. The summed E-state index contributed by atoms with van der Waals surface area (Å²) < 4.78 is 0. The quantitative estimate of drug-likeness (QED) is 0.209. The van der Waals surface area contributed by atoms with Crippen molar-refractivity contribution in [1.82, 2.24) is 4.98 Å². The van der Waals surface area contributed by atoms with Crippen LogP contribution in [0.3, 0.4) is 0 Å². The Kier molecular flexibility index (Phi) is 4.51. The molecule has 0 N–H and O–H groups in total. The van der Waals surface area contributed by atoms with Crippen molar-refractivity contribution in [3.8, 4) is 0 Å². The summed E-state index contributed by atoms with van der Waals surface area (Å²) in [5, 5.41) is 9.16. The number of aromatic nitrogens is 1. The maximum atomic E-state index is 6.43. The number of fused-ring (bicyclic) bond motifs is 5. The van der Waals surface area contributed by atoms with Crippen LogP contribution in [0.4, 0.5) is 0 Å². The third-order valence-electron chi connectivity index (χ3n) is 6.70. The minimum Gasteiger partial charge on any atom is -0.256 e. The van der Waals surface area contributed by atoms with Gasteiger partial charge in [0.05, 0.1) is 5.52 Å². The molecule has 5 aromatic rings. The molecule has 154 valence electrons. The van der Waals surface area contributed by atoms with Gasteiger partial charge in [-0.05, 0) is 62.4 Å². The lowest BCUT2D eigenvalue weighted by Gasteiger charge is -2.32. The molecular weight excluding hydrogens is 449 g/mol. The predicted molar refractivity (Wildman–Crippen MR) is 142 cm³/mol. The average Bonchev–Trinajstić information content (AvgIpc) is 2.93. The van der Waals surface area contributed by atoms with Gasteiger partial charge in [0.15, 0.2) is 0 Å². The van der Waals surface area contributed by atoms with E-state index in [2.05, 4.69) is 79.4 Å². The number of benzene rings is 4. The van der Waals surface area contributed by atoms with Crippen LogP contribution in [0.25, 0.3) is 33.8 Å². The number of rotatable bonds is 1. The molecule has 1 nitrogen and oxygen atoms in total. The Morgan fingerprint density at radius 2 is 1.28 bits per heavy atom. The molecule has 32 heavy (non-hydrogen) atoms. The first-order valence-corrected chi connectivity index (χ1v) is 13.9. The molecule has 0 unspecified atom stereocenters. The summed E-state index contributed by atoms with van der Waals surface area (Å²) >= 11 is 12.9. The van der Waals surface area contributed by atoms with Crippen molar-refractivity contribution in [3.05, 3.63) is 106 Å². The van der Waals surface area contributed by atoms with Crippen LogP contribution in [0.15, 0.2) is 85.1 Å². The Morgan fingerprint density at radius 3 is 1.97 bits per heavy atom. The standard InChI is InChI=1S/C28H19Cl2NSi/c1-32(26-6-2-4-18-7-8-19-5-3-15-31-28(19)27(18)26)24-13-11-22(29)16-20(24)9-10-21-17-23(30)12-14-25(21)32/h2-17H,1H3. The molecule has 0 amide bonds. The third kappa shape index (κ3) is 2.87. The van der Waals surface area contributed by atoms with Gasteiger partial charge in [0, 0.05) is 27.0 Å². The first-order chi connectivity index (χ1) is 15.6. The topological polar surface area (TPSA) is 12.9 Å². The summed E-state index contributed by atoms with van der Waals surface area (Å²) in [6.45, 7) is 2.44. The normalized spacial score (nSPS) is 14.2. The van der Waals surface area contributed by atoms with Crippen molar-refractivity contribution in [2.75, 3.05) is 0 Å². The molecule has 0 saturated carbocycles. The number of halogens is 2. The van der Waals surface area contributed by atoms with Gasteiger partial charge in [-0.2, -0.15) is 0 Å². The molecular formula is C28H19Cl2NSi. The van der Waals surface area contributed by atoms with Crippen LogP contribution < -0.4 is 15.6 Å². The predicted octanol–water partition coefficient (Wildman–Crippen LogP) is 6.28. The summed E-state index contributed by atoms with van der Waals surface area (Å²) in [6, 6.07) is 27.8. The Bertz CT molecular complexity index is 1520. The summed E-state index contributed by atoms with van der Waals surface area (Å²) in [5.41, 5.74) is 3.39. The third-order valence-corrected chi connectivity index (χ3v) is 11.7. The maximum Gasteiger partial charge on any atom is 0.147 e. The van der Waals surface area contributed by atoms with E-state index in [0.717, 1.165) is 20.9 Å². The molecule has 2 heterocycles. The van der Waals surface area contributed by atoms with Crippen molar-refractivity contribution in [3.63, 3.8) is 0 Å². The molecule has 0 spiro atoms. The van der Waals surface area contributed by atoms with E-state index in [1.807, 2.05) is 24.4 Å². The lowest BCUT2D eigenvalue weighted by molar-refractivity contribution is 1.43. The highest BCUT2D eigenvalue weighted by molar-refractivity contribution is 7.12. The molecule has 0 bridgehead atoms. The minimum atomic E-state index is -2.45. The lowest BCUT2D eigenvalue weighted by Crippen LogP contribution is -2.66. The fourth-order valence-electron chi connectivity index (χ4n) is 5.20. The second-order valence-electron chi connectivity index (χ2n) is 8.47. The lowest BCUT2D eigenvalue weighted by atomic mass is 10.1. The molecule has 1 aliphatic rings. The van der Waals surface area contributed by atoms with Gasteiger partial charge < -0.3 is 0 Å². The molecule has 4 heteroatoms. The van der Waals surface area contributed by atoms with Gasteiger partial charge in [-0.1, -0.05) is 90.4 Å². The van der Waals surface area contributed by atoms with Gasteiger partial charge in [-0.15, -0.1) is 0 Å². The van der Waals surface area contributed by atoms with Crippen LogP contribution in [0.2, 0.25) is 16.6 Å². The molecule has 4 aromatic carbocycles. The van der Waals surface area contributed by atoms with Gasteiger partial charge >= 0.3 is 0 Å². The molecule has 1 aromatic heterocycles. The van der Waals surface area contributed by atoms with Crippen molar-refractivity contribution in [2.45, 2.75) is 6.55 Å². The van der Waals surface area contributed by atoms with E-state index < -0.39 is 8.07 Å². The number of hydrogen-bond acceptors (Lipinski definition) is 1. The summed E-state index contributed by atoms with van der Waals surface area (Å²) in [6.07, 6.45) is 6.24. The fraction of sp³-hybridized carbons (Fsp3) is 0.0357. The Morgan fingerprint density at radius 1 is 0.656 bits per heavy atom. The van der Waals surface area contributed by atoms with E-state index in [-0.39, 0.29) is 0 Å². The van der Waals surface area contributed by atoms with Gasteiger partial charge in [0.25, 0.3) is 0 Å². The van der Waals surface area contributed by atoms with E-state index >= 15 is 0 Å². The molecule has 6 rings (SSSR count). The second-order valence-corrected chi connectivity index (χ2v) is 13.2. The second kappa shape index (κ2) is 7.31. The summed E-state index contributed by atoms with van der Waals surface area (Å²) in [5.74, 6) is 0. The van der Waals surface area contributed by atoms with Crippen molar-refractivity contribution >= 4 is 80.7 Å². The highest BCUT2D eigenvalue weighted by Gasteiger charge is 2.39. The van der Waals surface area contributed by atoms with Gasteiger partial charge in [0.1, 0.15) is 8.07 Å². The fourth-order valence-corrected chi connectivity index (χ4v) is 9.92. The maximum absolute atomic E-state index is 6.43. The van der Waals surface area contributed by atoms with Crippen LogP contribution >= 0.6 is 23.2 Å². The minimum absolute atomic E-state index is 0.749. The van der Waals surface area contributed by atoms with Gasteiger partial charge in [-0.25, -0.2) is 0 Å². The van der Waals surface area contributed by atoms with Crippen LogP contribution in [0.1, 0.15) is 11.1 Å². The zero-order valence-electron chi connectivity index (χ0n) is 17.4. The summed E-state index contributed by atoms with van der Waals surface area (Å²) in [7, 11) is -2.45. The van der Waals surface area contributed by atoms with Crippen molar-refractivity contribution in [2.24, 2.45) is 0 Å². The van der Waals surface area contributed by atoms with Gasteiger partial charge in [-0.3, -0.25) is 4.98 Å². The number of nitrogens with zero attached hydrogens (tertiary/aromatic N) is 1. The summed E-state index contributed by atoms with van der Waals surface area (Å²) in [4.78, 5) is 4.82. The van der Waals surface area contributed by atoms with Crippen molar-refractivity contribution in [1.29, 1.82) is 0 Å². The SMILES string of the molecule is C[Si]1(c2cccc3ccc4cccnc4c23)c2ccc(Cl)cc2C=Cc2cc(Cl)ccc21. The first kappa shape index (κ1) is 19.7. The number of hydrogen-bond donors (Lipinski definition) is 0. The monoisotopic (exact) mass is 467 g/mol. The van der Waals surface area contributed by atoms with Crippen LogP contribution in [0, 0.1) is 0 Å². The zero-order chi connectivity index (χ0) is 21.9. The van der Waals surface area contributed by atoms with E-state index in [9.17, 15) is 0 Å². The first-order valence-electron chi connectivity index (χ1n) is 10.6. The van der Waals surface area contributed by atoms with Crippen LogP contribution in [-0.2, 0) is 0 Å². The highest BCUT2D eigenvalue weighted by atomic mass is 35.5. The molecule has 0 aliphatic carbocycles. The smallest absolute Gasteiger partial charge is 0.147 e. The van der Waals surface area contributed by atoms with Crippen molar-refractivity contribution < 1.29 is 0 Å². The molecule has 0 radical (unpaired) electrons. The highest BCUT2D eigenvalue weighted by Crippen LogP contribution is 2.28. The molecule has 0 saturated heterocycles. The Labute approximate surface area is 198 Å². The van der Waals surface area contributed by atoms with Gasteiger partial charge in [0.2, 0.25) is 0 Å². The van der Waals surface area contributed by atoms with E-state index in [0.29, 0.717) is 0 Å². The number of pyridine rings is 1. The van der Waals surface area contributed by atoms with E-state index in [1.54, 1.807) is 0 Å².